The standard InChI is InChI=1S/C14H14BrNO2S/c1-11-8-9-12(15)10-14(11)19(17,18)16(2)13-6-4-3-5-7-13/h3-10H,1-2H3. The molecule has 100 valence electrons. The van der Waals surface area contributed by atoms with Crippen molar-refractivity contribution < 1.29 is 8.42 Å². The van der Waals surface area contributed by atoms with E-state index in [1.165, 1.54) is 4.31 Å². The van der Waals surface area contributed by atoms with Gasteiger partial charge in [-0.05, 0) is 36.8 Å². The Balaban J connectivity index is 2.51. The molecule has 2 rings (SSSR count). The summed E-state index contributed by atoms with van der Waals surface area (Å²) in [6.45, 7) is 1.79. The number of aryl methyl sites for hydroxylation is 1. The second-order valence-corrected chi connectivity index (χ2v) is 7.07. The van der Waals surface area contributed by atoms with Crippen molar-refractivity contribution in [3.05, 3.63) is 58.6 Å². The zero-order chi connectivity index (χ0) is 14.0. The Morgan fingerprint density at radius 2 is 1.68 bits per heavy atom. The highest BCUT2D eigenvalue weighted by Gasteiger charge is 2.23. The van der Waals surface area contributed by atoms with Crippen LogP contribution in [0.4, 0.5) is 5.69 Å². The molecule has 0 unspecified atom stereocenters. The third-order valence-electron chi connectivity index (χ3n) is 2.91. The van der Waals surface area contributed by atoms with Crippen molar-refractivity contribution in [2.45, 2.75) is 11.8 Å². The summed E-state index contributed by atoms with van der Waals surface area (Å²) in [5.41, 5.74) is 1.37. The molecule has 2 aromatic carbocycles. The summed E-state index contributed by atoms with van der Waals surface area (Å²) in [6, 6.07) is 14.3. The Morgan fingerprint density at radius 3 is 2.32 bits per heavy atom. The van der Waals surface area contributed by atoms with E-state index in [1.54, 1.807) is 38.2 Å². The second-order valence-electron chi connectivity index (χ2n) is 4.22. The molecule has 5 heteroatoms. The number of anilines is 1. The highest BCUT2D eigenvalue weighted by molar-refractivity contribution is 9.10. The van der Waals surface area contributed by atoms with E-state index in [0.717, 1.165) is 10.0 Å². The number of benzene rings is 2. The third-order valence-corrected chi connectivity index (χ3v) is 5.33. The van der Waals surface area contributed by atoms with E-state index in [-0.39, 0.29) is 0 Å². The number of para-hydroxylation sites is 1. The van der Waals surface area contributed by atoms with Crippen molar-refractivity contribution in [2.24, 2.45) is 0 Å². The highest BCUT2D eigenvalue weighted by Crippen LogP contribution is 2.26. The average molecular weight is 340 g/mol. The topological polar surface area (TPSA) is 37.4 Å². The first-order chi connectivity index (χ1) is 8.93. The maximum absolute atomic E-state index is 12.6. The first kappa shape index (κ1) is 14.1. The molecular weight excluding hydrogens is 326 g/mol. The van der Waals surface area contributed by atoms with Gasteiger partial charge in [0.05, 0.1) is 10.6 Å². The molecule has 2 aromatic rings. The molecule has 0 aliphatic heterocycles. The molecule has 0 fully saturated rings. The lowest BCUT2D eigenvalue weighted by Crippen LogP contribution is -2.27. The summed E-state index contributed by atoms with van der Waals surface area (Å²) in [6.07, 6.45) is 0. The van der Waals surface area contributed by atoms with Crippen LogP contribution in [0.25, 0.3) is 0 Å². The second kappa shape index (κ2) is 5.35. The molecule has 19 heavy (non-hydrogen) atoms. The van der Waals surface area contributed by atoms with Crippen LogP contribution >= 0.6 is 15.9 Å². The summed E-state index contributed by atoms with van der Waals surface area (Å²) in [4.78, 5) is 0.313. The van der Waals surface area contributed by atoms with E-state index in [2.05, 4.69) is 15.9 Å². The van der Waals surface area contributed by atoms with Crippen molar-refractivity contribution in [1.29, 1.82) is 0 Å². The summed E-state index contributed by atoms with van der Waals surface area (Å²) >= 11 is 3.31. The van der Waals surface area contributed by atoms with Crippen molar-refractivity contribution in [1.82, 2.24) is 0 Å². The Labute approximate surface area is 122 Å². The molecule has 0 saturated carbocycles. The minimum atomic E-state index is -3.54. The number of sulfonamides is 1. The quantitative estimate of drug-likeness (QED) is 0.856. The molecule has 0 heterocycles. The molecule has 0 radical (unpaired) electrons. The Kier molecular flexibility index (Phi) is 3.96. The maximum atomic E-state index is 12.6. The molecule has 0 aliphatic rings. The zero-order valence-electron chi connectivity index (χ0n) is 10.7. The van der Waals surface area contributed by atoms with Gasteiger partial charge < -0.3 is 0 Å². The van der Waals surface area contributed by atoms with E-state index in [0.29, 0.717) is 10.6 Å². The van der Waals surface area contributed by atoms with Crippen LogP contribution in [0.5, 0.6) is 0 Å². The fourth-order valence-corrected chi connectivity index (χ4v) is 3.73. The van der Waals surface area contributed by atoms with Gasteiger partial charge >= 0.3 is 0 Å². The van der Waals surface area contributed by atoms with E-state index < -0.39 is 10.0 Å². The van der Waals surface area contributed by atoms with Gasteiger partial charge in [-0.2, -0.15) is 0 Å². The number of hydrogen-bond donors (Lipinski definition) is 0. The normalized spacial score (nSPS) is 11.3. The predicted octanol–water partition coefficient (Wildman–Crippen LogP) is 3.58. The van der Waals surface area contributed by atoms with Crippen LogP contribution in [0.1, 0.15) is 5.56 Å². The lowest BCUT2D eigenvalue weighted by molar-refractivity contribution is 0.593. The molecule has 0 saturated heterocycles. The highest BCUT2D eigenvalue weighted by atomic mass is 79.9. The van der Waals surface area contributed by atoms with Gasteiger partial charge in [-0.3, -0.25) is 4.31 Å². The first-order valence-corrected chi connectivity index (χ1v) is 7.96. The Bertz CT molecular complexity index is 684. The van der Waals surface area contributed by atoms with Gasteiger partial charge in [-0.1, -0.05) is 40.2 Å². The molecule has 0 spiro atoms. The minimum Gasteiger partial charge on any atom is -0.269 e. The Morgan fingerprint density at radius 1 is 1.05 bits per heavy atom. The van der Waals surface area contributed by atoms with Gasteiger partial charge in [0, 0.05) is 11.5 Å². The van der Waals surface area contributed by atoms with Crippen LogP contribution in [0.15, 0.2) is 57.9 Å². The van der Waals surface area contributed by atoms with Crippen molar-refractivity contribution in [3.63, 3.8) is 0 Å². The summed E-state index contributed by atoms with van der Waals surface area (Å²) in [7, 11) is -1.98. The molecule has 0 atom stereocenters. The van der Waals surface area contributed by atoms with E-state index in [9.17, 15) is 8.42 Å². The van der Waals surface area contributed by atoms with Crippen LogP contribution in [0, 0.1) is 6.92 Å². The lowest BCUT2D eigenvalue weighted by atomic mass is 10.2. The fourth-order valence-electron chi connectivity index (χ4n) is 1.78. The van der Waals surface area contributed by atoms with Crippen LogP contribution in [-0.2, 0) is 10.0 Å². The van der Waals surface area contributed by atoms with Gasteiger partial charge in [-0.15, -0.1) is 0 Å². The van der Waals surface area contributed by atoms with Crippen molar-refractivity contribution in [3.8, 4) is 0 Å². The van der Waals surface area contributed by atoms with Crippen LogP contribution in [0.2, 0.25) is 0 Å². The molecular formula is C14H14BrNO2S. The number of rotatable bonds is 3. The molecule has 0 aliphatic carbocycles. The Hall–Kier alpha value is -1.33. The molecule has 0 bridgehead atoms. The smallest absolute Gasteiger partial charge is 0.264 e. The summed E-state index contributed by atoms with van der Waals surface area (Å²) in [5, 5.41) is 0. The summed E-state index contributed by atoms with van der Waals surface area (Å²) < 4.78 is 27.3. The SMILES string of the molecule is Cc1ccc(Br)cc1S(=O)(=O)N(C)c1ccccc1. The molecule has 0 N–H and O–H groups in total. The maximum Gasteiger partial charge on any atom is 0.264 e. The van der Waals surface area contributed by atoms with Crippen molar-refractivity contribution >= 4 is 31.6 Å². The number of hydrogen-bond acceptors (Lipinski definition) is 2. The van der Waals surface area contributed by atoms with Gasteiger partial charge in [-0.25, -0.2) is 8.42 Å². The van der Waals surface area contributed by atoms with Crippen LogP contribution in [0.3, 0.4) is 0 Å². The number of halogens is 1. The van der Waals surface area contributed by atoms with Crippen molar-refractivity contribution in [2.75, 3.05) is 11.4 Å². The van der Waals surface area contributed by atoms with Gasteiger partial charge in [0.1, 0.15) is 0 Å². The zero-order valence-corrected chi connectivity index (χ0v) is 13.1. The van der Waals surface area contributed by atoms with Crippen LogP contribution in [-0.4, -0.2) is 15.5 Å². The van der Waals surface area contributed by atoms with Gasteiger partial charge in [0.25, 0.3) is 10.0 Å². The lowest BCUT2D eigenvalue weighted by Gasteiger charge is -2.20. The molecule has 3 nitrogen and oxygen atoms in total. The predicted molar refractivity (Wildman–Crippen MR) is 80.9 cm³/mol. The molecule has 0 aromatic heterocycles. The monoisotopic (exact) mass is 339 g/mol. The van der Waals surface area contributed by atoms with E-state index in [1.807, 2.05) is 24.3 Å². The molecule has 0 amide bonds. The van der Waals surface area contributed by atoms with E-state index in [4.69, 9.17) is 0 Å². The van der Waals surface area contributed by atoms with Gasteiger partial charge in [0.15, 0.2) is 0 Å². The average Bonchev–Trinajstić information content (AvgIpc) is 2.41. The minimum absolute atomic E-state index is 0.313. The number of nitrogens with zero attached hydrogens (tertiary/aromatic N) is 1. The van der Waals surface area contributed by atoms with E-state index >= 15 is 0 Å². The van der Waals surface area contributed by atoms with Gasteiger partial charge in [0.2, 0.25) is 0 Å². The third kappa shape index (κ3) is 2.82. The fraction of sp³-hybridized carbons (Fsp3) is 0.143. The summed E-state index contributed by atoms with van der Waals surface area (Å²) in [5.74, 6) is 0. The van der Waals surface area contributed by atoms with Crippen LogP contribution < -0.4 is 4.31 Å². The largest absolute Gasteiger partial charge is 0.269 e. The first-order valence-electron chi connectivity index (χ1n) is 5.73.